The van der Waals surface area contributed by atoms with Crippen molar-refractivity contribution in [3.63, 3.8) is 0 Å². The van der Waals surface area contributed by atoms with Crippen molar-refractivity contribution in [1.29, 1.82) is 0 Å². The van der Waals surface area contributed by atoms with Crippen molar-refractivity contribution in [3.8, 4) is 11.3 Å². The Morgan fingerprint density at radius 2 is 1.94 bits per heavy atom. The lowest BCUT2D eigenvalue weighted by Gasteiger charge is -2.15. The molecule has 2 N–H and O–H groups in total. The number of carbonyl (C=O) groups is 2. The van der Waals surface area contributed by atoms with Gasteiger partial charge in [-0.05, 0) is 30.7 Å². The molecule has 32 heavy (non-hydrogen) atoms. The number of benzene rings is 2. The molecule has 0 fully saturated rings. The third-order valence-electron chi connectivity index (χ3n) is 4.66. The molecule has 1 amide bonds. The summed E-state index contributed by atoms with van der Waals surface area (Å²) in [5.74, 6) is 0.673. The fourth-order valence-electron chi connectivity index (χ4n) is 2.98. The van der Waals surface area contributed by atoms with E-state index < -0.39 is 18.2 Å². The first kappa shape index (κ1) is 23.7. The summed E-state index contributed by atoms with van der Waals surface area (Å²) in [6, 6.07) is 14.9. The highest BCUT2D eigenvalue weighted by Crippen LogP contribution is 2.29. The van der Waals surface area contributed by atoms with Crippen molar-refractivity contribution >= 4 is 41.1 Å². The van der Waals surface area contributed by atoms with Gasteiger partial charge >= 0.3 is 12.1 Å². The number of ether oxygens (including phenoxy) is 1. The van der Waals surface area contributed by atoms with E-state index in [9.17, 15) is 9.59 Å². The third-order valence-corrected chi connectivity index (χ3v) is 5.99. The van der Waals surface area contributed by atoms with Crippen LogP contribution in [0.25, 0.3) is 11.3 Å². The highest BCUT2D eigenvalue weighted by molar-refractivity contribution is 7.99. The van der Waals surface area contributed by atoms with Crippen LogP contribution in [0.5, 0.6) is 0 Å². The largest absolute Gasteiger partial charge is 0.481 e. The summed E-state index contributed by atoms with van der Waals surface area (Å²) in [6.45, 7) is 1.74. The number of thioether (sulfide) groups is 1. The van der Waals surface area contributed by atoms with Crippen LogP contribution in [0.2, 0.25) is 5.02 Å². The fraction of sp³-hybridized carbons (Fsp3) is 0.261. The quantitative estimate of drug-likeness (QED) is 0.344. The standard InChI is InChI=1S/C23H23ClN2O5S/c1-15(18-4-2-3-5-19(18)24)31-23(29)25-20-14-30-26-22(20)17-8-6-16(7-9-17)10-12-32-13-11-21(27)28/h2-9,14-15H,10-13H2,1H3,(H,25,29)(H,27,28)/t15-/m1/s1. The number of anilines is 1. The lowest BCUT2D eigenvalue weighted by Crippen LogP contribution is -2.16. The molecule has 0 saturated heterocycles. The van der Waals surface area contributed by atoms with E-state index in [4.69, 9.17) is 26.0 Å². The van der Waals surface area contributed by atoms with Gasteiger partial charge in [0.1, 0.15) is 23.7 Å². The van der Waals surface area contributed by atoms with E-state index in [2.05, 4.69) is 10.5 Å². The molecule has 3 aromatic rings. The summed E-state index contributed by atoms with van der Waals surface area (Å²) in [4.78, 5) is 22.9. The number of nitrogens with one attached hydrogen (secondary N) is 1. The number of aliphatic carboxylic acids is 1. The Bertz CT molecular complexity index is 1050. The fourth-order valence-corrected chi connectivity index (χ4v) is 4.18. The minimum Gasteiger partial charge on any atom is -0.481 e. The minimum absolute atomic E-state index is 0.172. The number of nitrogens with zero attached hydrogens (tertiary/aromatic N) is 1. The van der Waals surface area contributed by atoms with Crippen LogP contribution >= 0.6 is 23.4 Å². The predicted molar refractivity (Wildman–Crippen MR) is 125 cm³/mol. The van der Waals surface area contributed by atoms with Crippen molar-refractivity contribution < 1.29 is 24.0 Å². The molecular formula is C23H23ClN2O5S. The van der Waals surface area contributed by atoms with Gasteiger partial charge in [-0.3, -0.25) is 10.1 Å². The van der Waals surface area contributed by atoms with Gasteiger partial charge in [0.25, 0.3) is 0 Å². The van der Waals surface area contributed by atoms with Crippen LogP contribution in [0, 0.1) is 0 Å². The third kappa shape index (κ3) is 6.77. The summed E-state index contributed by atoms with van der Waals surface area (Å²) < 4.78 is 10.5. The van der Waals surface area contributed by atoms with Crippen LogP contribution in [0.1, 0.15) is 30.6 Å². The highest BCUT2D eigenvalue weighted by atomic mass is 35.5. The Hall–Kier alpha value is -2.97. The van der Waals surface area contributed by atoms with E-state index in [1.165, 1.54) is 6.26 Å². The smallest absolute Gasteiger partial charge is 0.412 e. The number of carboxylic acids is 1. The maximum Gasteiger partial charge on any atom is 0.412 e. The Kier molecular flexibility index (Phi) is 8.58. The number of aromatic nitrogens is 1. The van der Waals surface area contributed by atoms with Crippen molar-refractivity contribution in [2.45, 2.75) is 25.9 Å². The number of carboxylic acid groups (broad SMARTS) is 1. The van der Waals surface area contributed by atoms with Crippen molar-refractivity contribution in [3.05, 3.63) is 70.9 Å². The molecule has 0 aliphatic carbocycles. The molecule has 0 bridgehead atoms. The van der Waals surface area contributed by atoms with Crippen LogP contribution in [0.3, 0.4) is 0 Å². The summed E-state index contributed by atoms with van der Waals surface area (Å²) in [7, 11) is 0. The molecule has 3 rings (SSSR count). The van der Waals surface area contributed by atoms with E-state index in [1.807, 2.05) is 36.4 Å². The molecule has 7 nitrogen and oxygen atoms in total. The number of amides is 1. The second-order valence-corrected chi connectivity index (χ2v) is 8.61. The van der Waals surface area contributed by atoms with Crippen LogP contribution in [0.4, 0.5) is 10.5 Å². The zero-order chi connectivity index (χ0) is 22.9. The van der Waals surface area contributed by atoms with Crippen LogP contribution in [-0.2, 0) is 16.0 Å². The van der Waals surface area contributed by atoms with Crippen LogP contribution in [0.15, 0.2) is 59.3 Å². The Morgan fingerprint density at radius 3 is 2.66 bits per heavy atom. The summed E-state index contributed by atoms with van der Waals surface area (Å²) >= 11 is 7.78. The van der Waals surface area contributed by atoms with Gasteiger partial charge in [-0.1, -0.05) is 59.2 Å². The first-order chi connectivity index (χ1) is 15.4. The lowest BCUT2D eigenvalue weighted by atomic mass is 10.1. The molecule has 168 valence electrons. The molecule has 0 unspecified atom stereocenters. The van der Waals surface area contributed by atoms with E-state index in [0.29, 0.717) is 27.7 Å². The Balaban J connectivity index is 1.56. The topological polar surface area (TPSA) is 102 Å². The molecule has 2 aromatic carbocycles. The van der Waals surface area contributed by atoms with Crippen molar-refractivity contribution in [2.75, 3.05) is 16.8 Å². The van der Waals surface area contributed by atoms with Crippen LogP contribution in [-0.4, -0.2) is 33.8 Å². The number of halogens is 1. The van der Waals surface area contributed by atoms with E-state index in [1.54, 1.807) is 30.8 Å². The lowest BCUT2D eigenvalue weighted by molar-refractivity contribution is -0.136. The second-order valence-electron chi connectivity index (χ2n) is 6.97. The van der Waals surface area contributed by atoms with Crippen molar-refractivity contribution in [1.82, 2.24) is 5.16 Å². The van der Waals surface area contributed by atoms with Gasteiger partial charge < -0.3 is 14.4 Å². The Labute approximate surface area is 195 Å². The average Bonchev–Trinajstić information content (AvgIpc) is 3.21. The van der Waals surface area contributed by atoms with Gasteiger partial charge in [0.15, 0.2) is 0 Å². The van der Waals surface area contributed by atoms with E-state index in [-0.39, 0.29) is 6.42 Å². The molecule has 0 saturated carbocycles. The first-order valence-electron chi connectivity index (χ1n) is 9.99. The molecule has 9 heteroatoms. The predicted octanol–water partition coefficient (Wildman–Crippen LogP) is 6.06. The number of carbonyl (C=O) groups excluding carboxylic acids is 1. The van der Waals surface area contributed by atoms with Gasteiger partial charge in [-0.25, -0.2) is 4.79 Å². The minimum atomic E-state index is -0.777. The molecule has 1 aromatic heterocycles. The SMILES string of the molecule is C[C@@H](OC(=O)Nc1conc1-c1ccc(CCSCCC(=O)O)cc1)c1ccccc1Cl. The molecular weight excluding hydrogens is 452 g/mol. The molecule has 1 atom stereocenters. The highest BCUT2D eigenvalue weighted by Gasteiger charge is 2.18. The van der Waals surface area contributed by atoms with Crippen molar-refractivity contribution in [2.24, 2.45) is 0 Å². The summed E-state index contributed by atoms with van der Waals surface area (Å²) in [6.07, 6.45) is 1.19. The summed E-state index contributed by atoms with van der Waals surface area (Å²) in [5.41, 5.74) is 3.53. The number of aryl methyl sites for hydroxylation is 1. The number of hydrogen-bond acceptors (Lipinski definition) is 6. The van der Waals surface area contributed by atoms with E-state index in [0.717, 1.165) is 23.3 Å². The van der Waals surface area contributed by atoms with Gasteiger partial charge in [0, 0.05) is 21.9 Å². The monoisotopic (exact) mass is 474 g/mol. The normalized spacial score (nSPS) is 11.7. The maximum atomic E-state index is 12.4. The number of rotatable bonds is 10. The molecule has 0 spiro atoms. The van der Waals surface area contributed by atoms with Gasteiger partial charge in [0.05, 0.1) is 6.42 Å². The van der Waals surface area contributed by atoms with Gasteiger partial charge in [-0.2, -0.15) is 11.8 Å². The van der Waals surface area contributed by atoms with Gasteiger partial charge in [-0.15, -0.1) is 0 Å². The van der Waals surface area contributed by atoms with Gasteiger partial charge in [0.2, 0.25) is 0 Å². The molecule has 1 heterocycles. The molecule has 0 aliphatic rings. The van der Waals surface area contributed by atoms with Crippen LogP contribution < -0.4 is 5.32 Å². The zero-order valence-corrected chi connectivity index (χ0v) is 19.0. The zero-order valence-electron chi connectivity index (χ0n) is 17.4. The molecule has 0 aliphatic heterocycles. The maximum absolute atomic E-state index is 12.4. The average molecular weight is 475 g/mol. The van der Waals surface area contributed by atoms with E-state index >= 15 is 0 Å². The number of hydrogen-bond donors (Lipinski definition) is 2. The summed E-state index contributed by atoms with van der Waals surface area (Å²) in [5, 5.41) is 15.9. The Morgan fingerprint density at radius 1 is 1.19 bits per heavy atom. The molecule has 0 radical (unpaired) electrons. The second kappa shape index (κ2) is 11.6. The first-order valence-corrected chi connectivity index (χ1v) is 11.5.